The molecule has 1 atom stereocenters. The van der Waals surface area contributed by atoms with E-state index in [2.05, 4.69) is 0 Å². The first kappa shape index (κ1) is 16.1. The summed E-state index contributed by atoms with van der Waals surface area (Å²) in [5.74, 6) is -0.220. The molecule has 2 aromatic carbocycles. The molecule has 0 aliphatic carbocycles. The molecule has 2 aromatic rings. The molecular weight excluding hydrogens is 330 g/mol. The van der Waals surface area contributed by atoms with Crippen LogP contribution in [0.1, 0.15) is 5.56 Å². The lowest BCUT2D eigenvalue weighted by Crippen LogP contribution is -2.39. The maximum absolute atomic E-state index is 12.4. The highest BCUT2D eigenvalue weighted by molar-refractivity contribution is 8.15. The Balaban J connectivity index is 1.69. The van der Waals surface area contributed by atoms with Gasteiger partial charge in [-0.05, 0) is 48.0 Å². The number of thioether (sulfide) groups is 1. The lowest BCUT2D eigenvalue weighted by atomic mass is 10.1. The van der Waals surface area contributed by atoms with Crippen LogP contribution >= 0.6 is 11.8 Å². The average Bonchev–Trinajstić information content (AvgIpc) is 2.84. The fourth-order valence-corrected chi connectivity index (χ4v) is 3.23. The van der Waals surface area contributed by atoms with Crippen LogP contribution < -0.4 is 4.74 Å². The van der Waals surface area contributed by atoms with Crippen LogP contribution in [0.2, 0.25) is 0 Å². The van der Waals surface area contributed by atoms with E-state index in [-0.39, 0.29) is 17.9 Å². The molecule has 0 aromatic heterocycles. The summed E-state index contributed by atoms with van der Waals surface area (Å²) in [6.07, 6.45) is -0.720. The molecule has 0 bridgehead atoms. The zero-order chi connectivity index (χ0) is 17.1. The van der Waals surface area contributed by atoms with Crippen molar-refractivity contribution in [1.82, 2.24) is 4.90 Å². The number of phenolic OH excluding ortho intramolecular Hbond substituents is 1. The molecular formula is C17H13NO5S. The Labute approximate surface area is 142 Å². The van der Waals surface area contributed by atoms with Crippen LogP contribution in [-0.4, -0.2) is 32.5 Å². The minimum Gasteiger partial charge on any atom is -0.508 e. The summed E-state index contributed by atoms with van der Waals surface area (Å²) < 4.78 is 5.05. The van der Waals surface area contributed by atoms with Gasteiger partial charge in [-0.2, -0.15) is 4.90 Å². The van der Waals surface area contributed by atoms with E-state index >= 15 is 0 Å². The number of rotatable bonds is 3. The van der Waals surface area contributed by atoms with E-state index in [0.717, 1.165) is 17.3 Å². The second kappa shape index (κ2) is 6.76. The third-order valence-corrected chi connectivity index (χ3v) is 4.45. The Bertz CT molecular complexity index is 775. The summed E-state index contributed by atoms with van der Waals surface area (Å²) in [6, 6.07) is 14.6. The van der Waals surface area contributed by atoms with Crippen molar-refractivity contribution in [2.75, 3.05) is 0 Å². The maximum Gasteiger partial charge on any atom is 0.429 e. The molecule has 1 unspecified atom stereocenters. The highest BCUT2D eigenvalue weighted by Gasteiger charge is 2.44. The van der Waals surface area contributed by atoms with Gasteiger partial charge in [0.2, 0.25) is 0 Å². The summed E-state index contributed by atoms with van der Waals surface area (Å²) in [5, 5.41) is 7.93. The number of carbonyl (C=O) groups excluding carboxylic acids is 3. The normalized spacial score (nSPS) is 17.2. The quantitative estimate of drug-likeness (QED) is 0.921. The molecule has 122 valence electrons. The number of benzene rings is 2. The van der Waals surface area contributed by atoms with Crippen LogP contribution in [0.5, 0.6) is 11.5 Å². The molecule has 6 nitrogen and oxygen atoms in total. The van der Waals surface area contributed by atoms with Crippen LogP contribution in [0.3, 0.4) is 0 Å². The summed E-state index contributed by atoms with van der Waals surface area (Å²) in [4.78, 5) is 37.0. The van der Waals surface area contributed by atoms with Crippen LogP contribution in [0, 0.1) is 0 Å². The number of aromatic hydroxyl groups is 1. The Hall–Kier alpha value is -2.80. The molecule has 24 heavy (non-hydrogen) atoms. The van der Waals surface area contributed by atoms with Crippen molar-refractivity contribution < 1.29 is 24.2 Å². The fourth-order valence-electron chi connectivity index (χ4n) is 2.23. The number of hydrogen-bond donors (Lipinski definition) is 1. The molecule has 1 saturated heterocycles. The van der Waals surface area contributed by atoms with Gasteiger partial charge in [-0.25, -0.2) is 4.79 Å². The molecule has 1 N–H and O–H groups in total. The lowest BCUT2D eigenvalue weighted by molar-refractivity contribution is -0.125. The summed E-state index contributed by atoms with van der Waals surface area (Å²) in [7, 11) is 0. The van der Waals surface area contributed by atoms with Crippen LogP contribution in [0.4, 0.5) is 9.59 Å². The van der Waals surface area contributed by atoms with Gasteiger partial charge in [0.05, 0.1) is 5.25 Å². The monoisotopic (exact) mass is 343 g/mol. The second-order valence-corrected chi connectivity index (χ2v) is 6.25. The van der Waals surface area contributed by atoms with Gasteiger partial charge in [-0.3, -0.25) is 9.59 Å². The van der Waals surface area contributed by atoms with Crippen molar-refractivity contribution >= 4 is 29.0 Å². The highest BCUT2D eigenvalue weighted by Crippen LogP contribution is 2.30. The third-order valence-electron chi connectivity index (χ3n) is 3.41. The number of ether oxygens (including phenoxy) is 1. The number of carbonyl (C=O) groups is 3. The SMILES string of the molecule is O=C(Oc1ccccc1)N1C(=O)SC(Cc2ccc(O)cc2)C1=O. The van der Waals surface area contributed by atoms with E-state index in [1.807, 2.05) is 0 Å². The van der Waals surface area contributed by atoms with Crippen molar-refractivity contribution in [2.24, 2.45) is 0 Å². The van der Waals surface area contributed by atoms with Gasteiger partial charge >= 0.3 is 6.09 Å². The van der Waals surface area contributed by atoms with Crippen molar-refractivity contribution in [1.29, 1.82) is 0 Å². The lowest BCUT2D eigenvalue weighted by Gasteiger charge is -2.12. The Morgan fingerprint density at radius 1 is 1.08 bits per heavy atom. The van der Waals surface area contributed by atoms with E-state index in [9.17, 15) is 19.5 Å². The Morgan fingerprint density at radius 2 is 1.75 bits per heavy atom. The molecule has 1 aliphatic rings. The maximum atomic E-state index is 12.4. The summed E-state index contributed by atoms with van der Waals surface area (Å²) >= 11 is 0.794. The van der Waals surface area contributed by atoms with E-state index in [1.165, 1.54) is 12.1 Å². The zero-order valence-electron chi connectivity index (χ0n) is 12.4. The molecule has 0 saturated carbocycles. The van der Waals surface area contributed by atoms with Gasteiger partial charge in [0.1, 0.15) is 11.5 Å². The predicted octanol–water partition coefficient (Wildman–Crippen LogP) is 3.20. The first-order chi connectivity index (χ1) is 11.5. The number of amides is 3. The van der Waals surface area contributed by atoms with Crippen molar-refractivity contribution in [3.05, 3.63) is 60.2 Å². The van der Waals surface area contributed by atoms with Gasteiger partial charge in [-0.1, -0.05) is 30.3 Å². The topological polar surface area (TPSA) is 83.9 Å². The first-order valence-corrected chi connectivity index (χ1v) is 8.02. The molecule has 3 rings (SSSR count). The van der Waals surface area contributed by atoms with Crippen molar-refractivity contribution in [3.63, 3.8) is 0 Å². The molecule has 0 radical (unpaired) electrons. The van der Waals surface area contributed by atoms with Crippen LogP contribution in [-0.2, 0) is 11.2 Å². The molecule has 0 spiro atoms. The number of imide groups is 3. The van der Waals surface area contributed by atoms with Crippen molar-refractivity contribution in [2.45, 2.75) is 11.7 Å². The van der Waals surface area contributed by atoms with Gasteiger partial charge in [0, 0.05) is 0 Å². The highest BCUT2D eigenvalue weighted by atomic mass is 32.2. The first-order valence-electron chi connectivity index (χ1n) is 7.14. The summed E-state index contributed by atoms with van der Waals surface area (Å²) in [6.45, 7) is 0. The van der Waals surface area contributed by atoms with Crippen LogP contribution in [0.15, 0.2) is 54.6 Å². The number of para-hydroxylation sites is 1. The molecule has 7 heteroatoms. The van der Waals surface area contributed by atoms with E-state index in [0.29, 0.717) is 4.90 Å². The molecule has 3 amide bonds. The van der Waals surface area contributed by atoms with E-state index in [1.54, 1.807) is 42.5 Å². The smallest absolute Gasteiger partial charge is 0.429 e. The van der Waals surface area contributed by atoms with Gasteiger partial charge in [0.15, 0.2) is 0 Å². The second-order valence-electron chi connectivity index (χ2n) is 5.10. The average molecular weight is 343 g/mol. The van der Waals surface area contributed by atoms with E-state index in [4.69, 9.17) is 4.74 Å². The minimum absolute atomic E-state index is 0.119. The fraction of sp³-hybridized carbons (Fsp3) is 0.118. The van der Waals surface area contributed by atoms with Gasteiger partial charge in [-0.15, -0.1) is 0 Å². The van der Waals surface area contributed by atoms with Crippen LogP contribution in [0.25, 0.3) is 0 Å². The van der Waals surface area contributed by atoms with Gasteiger partial charge < -0.3 is 9.84 Å². The standard InChI is InChI=1S/C17H13NO5S/c19-12-8-6-11(7-9-12)10-14-15(20)18(17(22)24-14)16(21)23-13-4-2-1-3-5-13/h1-9,14,19H,10H2. The molecule has 1 fully saturated rings. The van der Waals surface area contributed by atoms with Crippen molar-refractivity contribution in [3.8, 4) is 11.5 Å². The molecule has 1 heterocycles. The minimum atomic E-state index is -1.00. The third kappa shape index (κ3) is 3.41. The largest absolute Gasteiger partial charge is 0.508 e. The van der Waals surface area contributed by atoms with Gasteiger partial charge in [0.25, 0.3) is 11.1 Å². The Morgan fingerprint density at radius 3 is 2.42 bits per heavy atom. The van der Waals surface area contributed by atoms with E-state index < -0.39 is 22.5 Å². The number of hydrogen-bond acceptors (Lipinski definition) is 6. The Kier molecular flexibility index (Phi) is 4.52. The predicted molar refractivity (Wildman–Crippen MR) is 87.9 cm³/mol. The zero-order valence-corrected chi connectivity index (χ0v) is 13.2. The molecule has 1 aliphatic heterocycles. The summed E-state index contributed by atoms with van der Waals surface area (Å²) in [5.41, 5.74) is 0.782. The number of phenols is 1. The number of nitrogens with zero attached hydrogens (tertiary/aromatic N) is 1.